The lowest BCUT2D eigenvalue weighted by Crippen LogP contribution is -2.49. The third kappa shape index (κ3) is 4.45. The maximum atomic E-state index is 12.5. The molecule has 1 fully saturated rings. The first-order valence-corrected chi connectivity index (χ1v) is 8.99. The van der Waals surface area contributed by atoms with E-state index in [1.54, 1.807) is 13.3 Å². The van der Waals surface area contributed by atoms with E-state index in [9.17, 15) is 4.79 Å². The second kappa shape index (κ2) is 8.56. The second-order valence-electron chi connectivity index (χ2n) is 6.44. The van der Waals surface area contributed by atoms with Crippen molar-refractivity contribution in [1.82, 2.24) is 9.88 Å². The van der Waals surface area contributed by atoms with Gasteiger partial charge in [-0.15, -0.1) is 0 Å². The molecule has 1 aromatic carbocycles. The number of rotatable bonds is 6. The molecule has 0 bridgehead atoms. The summed E-state index contributed by atoms with van der Waals surface area (Å²) in [6, 6.07) is 11.9. The molecule has 0 spiro atoms. The lowest BCUT2D eigenvalue weighted by molar-refractivity contribution is -0.131. The van der Waals surface area contributed by atoms with E-state index >= 15 is 0 Å². The number of anilines is 2. The summed E-state index contributed by atoms with van der Waals surface area (Å²) in [6.07, 6.45) is 2.28. The zero-order chi connectivity index (χ0) is 18.4. The van der Waals surface area contributed by atoms with Gasteiger partial charge in [-0.3, -0.25) is 4.79 Å². The Kier molecular flexibility index (Phi) is 5.94. The van der Waals surface area contributed by atoms with Crippen molar-refractivity contribution < 1.29 is 9.53 Å². The van der Waals surface area contributed by atoms with Crippen LogP contribution in [0.15, 0.2) is 42.6 Å². The number of nitrogens with one attached hydrogen (secondary N) is 1. The minimum atomic E-state index is 0.185. The molecule has 1 aliphatic heterocycles. The maximum absolute atomic E-state index is 12.5. The number of amides is 1. The first-order valence-electron chi connectivity index (χ1n) is 8.99. The minimum absolute atomic E-state index is 0.185. The van der Waals surface area contributed by atoms with Gasteiger partial charge in [0.15, 0.2) is 0 Å². The summed E-state index contributed by atoms with van der Waals surface area (Å²) in [4.78, 5) is 21.0. The van der Waals surface area contributed by atoms with E-state index in [4.69, 9.17) is 4.74 Å². The van der Waals surface area contributed by atoms with Gasteiger partial charge in [0.1, 0.15) is 11.6 Å². The smallest absolute Gasteiger partial charge is 0.224 e. The lowest BCUT2D eigenvalue weighted by Gasteiger charge is -2.35. The Balaban J connectivity index is 1.46. The normalized spacial score (nSPS) is 14.2. The van der Waals surface area contributed by atoms with Gasteiger partial charge < -0.3 is 19.9 Å². The summed E-state index contributed by atoms with van der Waals surface area (Å²) < 4.78 is 5.36. The fourth-order valence-electron chi connectivity index (χ4n) is 3.15. The lowest BCUT2D eigenvalue weighted by atomic mass is 10.2. The van der Waals surface area contributed by atoms with Gasteiger partial charge in [-0.25, -0.2) is 4.98 Å². The molecule has 0 aliphatic carbocycles. The van der Waals surface area contributed by atoms with Gasteiger partial charge in [0.05, 0.1) is 12.8 Å². The number of methoxy groups -OCH3 is 1. The van der Waals surface area contributed by atoms with Gasteiger partial charge in [-0.05, 0) is 36.8 Å². The van der Waals surface area contributed by atoms with Crippen molar-refractivity contribution in [3.63, 3.8) is 0 Å². The number of ether oxygens (including phenoxy) is 1. The van der Waals surface area contributed by atoms with Gasteiger partial charge in [-0.2, -0.15) is 0 Å². The zero-order valence-electron chi connectivity index (χ0n) is 15.4. The molecule has 1 N–H and O–H groups in total. The van der Waals surface area contributed by atoms with Crippen LogP contribution in [-0.2, 0) is 4.79 Å². The number of hydrogen-bond acceptors (Lipinski definition) is 5. The Morgan fingerprint density at radius 2 is 2.00 bits per heavy atom. The van der Waals surface area contributed by atoms with Crippen molar-refractivity contribution in [3.05, 3.63) is 48.2 Å². The molecule has 0 saturated carbocycles. The number of pyridine rings is 1. The highest BCUT2D eigenvalue weighted by Gasteiger charge is 2.21. The predicted octanol–water partition coefficient (Wildman–Crippen LogP) is 2.55. The summed E-state index contributed by atoms with van der Waals surface area (Å²) in [5, 5.41) is 3.32. The van der Waals surface area contributed by atoms with E-state index in [-0.39, 0.29) is 5.91 Å². The fraction of sp³-hybridized carbons (Fsp3) is 0.400. The highest BCUT2D eigenvalue weighted by atomic mass is 16.5. The van der Waals surface area contributed by atoms with Crippen LogP contribution in [-0.4, -0.2) is 55.6 Å². The van der Waals surface area contributed by atoms with Crippen LogP contribution in [0.1, 0.15) is 12.0 Å². The molecule has 2 heterocycles. The first kappa shape index (κ1) is 18.0. The monoisotopic (exact) mass is 354 g/mol. The number of hydrogen-bond donors (Lipinski definition) is 1. The van der Waals surface area contributed by atoms with Crippen LogP contribution in [0.3, 0.4) is 0 Å². The Hall–Kier alpha value is -2.76. The van der Waals surface area contributed by atoms with Crippen molar-refractivity contribution in [2.45, 2.75) is 13.3 Å². The quantitative estimate of drug-likeness (QED) is 0.864. The van der Waals surface area contributed by atoms with Crippen LogP contribution in [0.5, 0.6) is 5.75 Å². The van der Waals surface area contributed by atoms with Gasteiger partial charge in [0, 0.05) is 45.3 Å². The summed E-state index contributed by atoms with van der Waals surface area (Å²) >= 11 is 0. The van der Waals surface area contributed by atoms with Crippen LogP contribution in [0.4, 0.5) is 11.5 Å². The molecule has 6 nitrogen and oxygen atoms in total. The molecule has 3 rings (SSSR count). The molecule has 1 aromatic heterocycles. The van der Waals surface area contributed by atoms with Crippen molar-refractivity contribution in [2.24, 2.45) is 0 Å². The topological polar surface area (TPSA) is 57.7 Å². The minimum Gasteiger partial charge on any atom is -0.495 e. The molecule has 1 aliphatic rings. The number of carbonyl (C=O) groups is 1. The van der Waals surface area contributed by atoms with E-state index < -0.39 is 0 Å². The van der Waals surface area contributed by atoms with Gasteiger partial charge >= 0.3 is 0 Å². The largest absolute Gasteiger partial charge is 0.495 e. The summed E-state index contributed by atoms with van der Waals surface area (Å²) in [6.45, 7) is 5.76. The third-order valence-corrected chi connectivity index (χ3v) is 4.61. The summed E-state index contributed by atoms with van der Waals surface area (Å²) in [5.41, 5.74) is 2.09. The number of carbonyl (C=O) groups excluding carboxylic acids is 1. The Labute approximate surface area is 154 Å². The molecule has 2 aromatic rings. The van der Waals surface area contributed by atoms with Gasteiger partial charge in [-0.1, -0.05) is 12.1 Å². The van der Waals surface area contributed by atoms with E-state index in [0.29, 0.717) is 13.0 Å². The SMILES string of the molecule is COc1ccc(C)cc1NCCC(=O)N1CCN(c2ccccn2)CC1. The average molecular weight is 354 g/mol. The number of piperazine rings is 1. The molecule has 138 valence electrons. The highest BCUT2D eigenvalue weighted by molar-refractivity contribution is 5.77. The molecule has 0 radical (unpaired) electrons. The summed E-state index contributed by atoms with van der Waals surface area (Å²) in [5.74, 6) is 1.96. The third-order valence-electron chi connectivity index (χ3n) is 4.61. The van der Waals surface area contributed by atoms with Crippen LogP contribution in [0.2, 0.25) is 0 Å². The maximum Gasteiger partial charge on any atom is 0.224 e. The number of aryl methyl sites for hydroxylation is 1. The molecular formula is C20H26N4O2. The Morgan fingerprint density at radius 3 is 2.69 bits per heavy atom. The number of nitrogens with zero attached hydrogens (tertiary/aromatic N) is 3. The van der Waals surface area contributed by atoms with Crippen molar-refractivity contribution in [1.29, 1.82) is 0 Å². The molecule has 26 heavy (non-hydrogen) atoms. The Bertz CT molecular complexity index is 728. The van der Waals surface area contributed by atoms with E-state index in [0.717, 1.165) is 49.0 Å². The molecular weight excluding hydrogens is 328 g/mol. The summed E-state index contributed by atoms with van der Waals surface area (Å²) in [7, 11) is 1.65. The molecule has 1 amide bonds. The molecule has 0 unspecified atom stereocenters. The number of aromatic nitrogens is 1. The average Bonchev–Trinajstić information content (AvgIpc) is 2.69. The van der Waals surface area contributed by atoms with Crippen molar-refractivity contribution in [2.75, 3.05) is 50.1 Å². The van der Waals surface area contributed by atoms with Crippen molar-refractivity contribution >= 4 is 17.4 Å². The van der Waals surface area contributed by atoms with Crippen LogP contribution < -0.4 is 15.0 Å². The first-order chi connectivity index (χ1) is 12.7. The highest BCUT2D eigenvalue weighted by Crippen LogP contribution is 2.25. The van der Waals surface area contributed by atoms with E-state index in [1.807, 2.05) is 48.2 Å². The molecule has 0 atom stereocenters. The fourth-order valence-corrected chi connectivity index (χ4v) is 3.15. The van der Waals surface area contributed by atoms with Gasteiger partial charge in [0.25, 0.3) is 0 Å². The van der Waals surface area contributed by atoms with Crippen molar-refractivity contribution in [3.8, 4) is 5.75 Å². The van der Waals surface area contributed by atoms with Crippen LogP contribution in [0.25, 0.3) is 0 Å². The zero-order valence-corrected chi connectivity index (χ0v) is 15.4. The van der Waals surface area contributed by atoms with Crippen LogP contribution in [0, 0.1) is 6.92 Å². The molecule has 6 heteroatoms. The van der Waals surface area contributed by atoms with E-state index in [2.05, 4.69) is 15.2 Å². The predicted molar refractivity (Wildman–Crippen MR) is 104 cm³/mol. The van der Waals surface area contributed by atoms with Gasteiger partial charge in [0.2, 0.25) is 5.91 Å². The standard InChI is InChI=1S/C20H26N4O2/c1-16-6-7-18(26-2)17(15-16)21-10-8-20(25)24-13-11-23(12-14-24)19-5-3-4-9-22-19/h3-7,9,15,21H,8,10-14H2,1-2H3. The molecule has 1 saturated heterocycles. The Morgan fingerprint density at radius 1 is 1.19 bits per heavy atom. The van der Waals surface area contributed by atoms with Crippen LogP contribution >= 0.6 is 0 Å². The second-order valence-corrected chi connectivity index (χ2v) is 6.44. The number of benzene rings is 1. The van der Waals surface area contributed by atoms with E-state index in [1.165, 1.54) is 0 Å².